The minimum absolute atomic E-state index is 0.160. The van der Waals surface area contributed by atoms with E-state index in [-0.39, 0.29) is 11.8 Å². The van der Waals surface area contributed by atoms with Crippen molar-refractivity contribution in [2.24, 2.45) is 11.8 Å². The van der Waals surface area contributed by atoms with Crippen LogP contribution in [-0.4, -0.2) is 21.8 Å². The summed E-state index contributed by atoms with van der Waals surface area (Å²) in [5, 5.41) is 10.3. The first-order valence-corrected chi connectivity index (χ1v) is 8.96. The van der Waals surface area contributed by atoms with Crippen molar-refractivity contribution >= 4 is 44.8 Å². The van der Waals surface area contributed by atoms with Crippen molar-refractivity contribution in [3.8, 4) is 0 Å². The topological polar surface area (TPSA) is 84.0 Å². The highest BCUT2D eigenvalue weighted by molar-refractivity contribution is 7.14. The quantitative estimate of drug-likeness (QED) is 0.831. The van der Waals surface area contributed by atoms with E-state index in [1.807, 2.05) is 13.0 Å². The van der Waals surface area contributed by atoms with Gasteiger partial charge in [-0.25, -0.2) is 9.97 Å². The third-order valence-electron chi connectivity index (χ3n) is 3.75. The molecule has 8 heteroatoms. The molecule has 0 bridgehead atoms. The maximum atomic E-state index is 12.6. The first-order valence-electron chi connectivity index (χ1n) is 7.20. The van der Waals surface area contributed by atoms with E-state index in [4.69, 9.17) is 0 Å². The Hall–Kier alpha value is -2.06. The van der Waals surface area contributed by atoms with Crippen molar-refractivity contribution in [2.75, 3.05) is 10.6 Å². The summed E-state index contributed by atoms with van der Waals surface area (Å²) in [6.45, 7) is 1.98. The lowest BCUT2D eigenvalue weighted by Gasteiger charge is -2.28. The van der Waals surface area contributed by atoms with Crippen LogP contribution in [0.15, 0.2) is 34.8 Å². The minimum Gasteiger partial charge on any atom is -0.302 e. The molecule has 2 atom stereocenters. The number of anilines is 2. The Morgan fingerprint density at radius 1 is 1.04 bits per heavy atom. The van der Waals surface area contributed by atoms with E-state index in [1.54, 1.807) is 23.2 Å². The normalized spacial score (nSPS) is 20.7. The highest BCUT2D eigenvalue weighted by Crippen LogP contribution is 2.32. The number of hydrogen-bond donors (Lipinski definition) is 2. The SMILES string of the molecule is CC1=CC[C@@H](C(=O)Nc2nccs2)[C@@H](C(=O)Nc2nccs2)C1. The molecule has 0 aromatic carbocycles. The molecule has 3 rings (SSSR count). The summed E-state index contributed by atoms with van der Waals surface area (Å²) in [5.74, 6) is -1.12. The molecule has 0 radical (unpaired) electrons. The molecule has 2 aromatic rings. The molecule has 0 unspecified atom stereocenters. The fraction of sp³-hybridized carbons (Fsp3) is 0.333. The number of nitrogens with one attached hydrogen (secondary N) is 2. The lowest BCUT2D eigenvalue weighted by atomic mass is 9.79. The second kappa shape index (κ2) is 7.01. The predicted octanol–water partition coefficient (Wildman–Crippen LogP) is 3.15. The monoisotopic (exact) mass is 348 g/mol. The van der Waals surface area contributed by atoms with Gasteiger partial charge in [-0.05, 0) is 19.8 Å². The number of allylic oxidation sites excluding steroid dienone is 2. The molecule has 1 aliphatic rings. The summed E-state index contributed by atoms with van der Waals surface area (Å²) in [4.78, 5) is 33.2. The Labute approximate surface area is 141 Å². The van der Waals surface area contributed by atoms with Gasteiger partial charge >= 0.3 is 0 Å². The van der Waals surface area contributed by atoms with Gasteiger partial charge in [0.05, 0.1) is 11.8 Å². The van der Waals surface area contributed by atoms with Crippen molar-refractivity contribution < 1.29 is 9.59 Å². The van der Waals surface area contributed by atoms with Gasteiger partial charge in [-0.2, -0.15) is 0 Å². The second-order valence-electron chi connectivity index (χ2n) is 5.36. The predicted molar refractivity (Wildman–Crippen MR) is 91.5 cm³/mol. The van der Waals surface area contributed by atoms with E-state index < -0.39 is 11.8 Å². The minimum atomic E-state index is -0.400. The first kappa shape index (κ1) is 15.8. The van der Waals surface area contributed by atoms with E-state index >= 15 is 0 Å². The molecule has 0 aliphatic heterocycles. The van der Waals surface area contributed by atoms with Crippen LogP contribution in [0, 0.1) is 11.8 Å². The number of carbonyl (C=O) groups is 2. The number of rotatable bonds is 4. The number of aromatic nitrogens is 2. The third kappa shape index (κ3) is 3.83. The molecule has 2 aromatic heterocycles. The van der Waals surface area contributed by atoms with Crippen molar-refractivity contribution in [1.82, 2.24) is 9.97 Å². The molecule has 1 aliphatic carbocycles. The molecular formula is C15H16N4O2S2. The molecule has 0 fully saturated rings. The molecular weight excluding hydrogens is 332 g/mol. The summed E-state index contributed by atoms with van der Waals surface area (Å²) in [5.41, 5.74) is 1.13. The van der Waals surface area contributed by atoms with Crippen molar-refractivity contribution in [1.29, 1.82) is 0 Å². The van der Waals surface area contributed by atoms with Crippen LogP contribution < -0.4 is 10.6 Å². The van der Waals surface area contributed by atoms with Gasteiger partial charge < -0.3 is 10.6 Å². The Balaban J connectivity index is 1.73. The third-order valence-corrected chi connectivity index (χ3v) is 5.12. The molecule has 6 nitrogen and oxygen atoms in total. The summed E-state index contributed by atoms with van der Waals surface area (Å²) >= 11 is 2.72. The molecule has 120 valence electrons. The van der Waals surface area contributed by atoms with Gasteiger partial charge in [-0.15, -0.1) is 22.7 Å². The van der Waals surface area contributed by atoms with Crippen LogP contribution in [0.3, 0.4) is 0 Å². The first-order chi connectivity index (χ1) is 11.1. The zero-order chi connectivity index (χ0) is 16.2. The smallest absolute Gasteiger partial charge is 0.230 e. The van der Waals surface area contributed by atoms with Crippen LogP contribution in [0.1, 0.15) is 19.8 Å². The summed E-state index contributed by atoms with van der Waals surface area (Å²) in [7, 11) is 0. The molecule has 0 saturated carbocycles. The average molecular weight is 348 g/mol. The number of carbonyl (C=O) groups excluding carboxylic acids is 2. The van der Waals surface area contributed by atoms with Gasteiger partial charge in [-0.1, -0.05) is 11.6 Å². The Bertz CT molecular complexity index is 710. The maximum absolute atomic E-state index is 12.6. The molecule has 2 N–H and O–H groups in total. The molecule has 23 heavy (non-hydrogen) atoms. The average Bonchev–Trinajstić information content (AvgIpc) is 3.20. The van der Waals surface area contributed by atoms with Gasteiger partial charge in [0.1, 0.15) is 0 Å². The van der Waals surface area contributed by atoms with Crippen LogP contribution >= 0.6 is 22.7 Å². The number of hydrogen-bond acceptors (Lipinski definition) is 6. The lowest BCUT2D eigenvalue weighted by molar-refractivity contribution is -0.129. The molecule has 2 heterocycles. The second-order valence-corrected chi connectivity index (χ2v) is 7.15. The summed E-state index contributed by atoms with van der Waals surface area (Å²) in [6, 6.07) is 0. The van der Waals surface area contributed by atoms with Crippen LogP contribution in [-0.2, 0) is 9.59 Å². The molecule has 2 amide bonds. The van der Waals surface area contributed by atoms with E-state index in [0.29, 0.717) is 23.1 Å². The Morgan fingerprint density at radius 2 is 1.61 bits per heavy atom. The largest absolute Gasteiger partial charge is 0.302 e. The highest BCUT2D eigenvalue weighted by atomic mass is 32.1. The van der Waals surface area contributed by atoms with Gasteiger partial charge in [0, 0.05) is 23.2 Å². The number of thiazole rings is 2. The Kier molecular flexibility index (Phi) is 4.82. The van der Waals surface area contributed by atoms with Crippen LogP contribution in [0.4, 0.5) is 10.3 Å². The maximum Gasteiger partial charge on any atom is 0.230 e. The number of amides is 2. The van der Waals surface area contributed by atoms with Crippen LogP contribution in [0.5, 0.6) is 0 Å². The highest BCUT2D eigenvalue weighted by Gasteiger charge is 2.36. The summed E-state index contributed by atoms with van der Waals surface area (Å²) < 4.78 is 0. The fourth-order valence-electron chi connectivity index (χ4n) is 2.60. The van der Waals surface area contributed by atoms with Gasteiger partial charge in [-0.3, -0.25) is 9.59 Å². The zero-order valence-electron chi connectivity index (χ0n) is 12.5. The lowest BCUT2D eigenvalue weighted by Crippen LogP contribution is -2.38. The van der Waals surface area contributed by atoms with Gasteiger partial charge in [0.2, 0.25) is 11.8 Å². The fourth-order valence-corrected chi connectivity index (χ4v) is 3.66. The van der Waals surface area contributed by atoms with Gasteiger partial charge in [0.25, 0.3) is 0 Å². The van der Waals surface area contributed by atoms with E-state index in [9.17, 15) is 9.59 Å². The van der Waals surface area contributed by atoms with Crippen LogP contribution in [0.25, 0.3) is 0 Å². The zero-order valence-corrected chi connectivity index (χ0v) is 14.1. The molecule has 0 saturated heterocycles. The standard InChI is InChI=1S/C15H16N4O2S2/c1-9-2-3-10(12(20)18-14-16-4-6-22-14)11(8-9)13(21)19-15-17-5-7-23-15/h2,4-7,10-11H,3,8H2,1H3,(H,16,18,20)(H,17,19,21)/t10-,11+/m1/s1. The Morgan fingerprint density at radius 3 is 2.13 bits per heavy atom. The van der Waals surface area contributed by atoms with E-state index in [2.05, 4.69) is 20.6 Å². The van der Waals surface area contributed by atoms with Crippen molar-refractivity contribution in [3.05, 3.63) is 34.8 Å². The van der Waals surface area contributed by atoms with Gasteiger partial charge in [0.15, 0.2) is 10.3 Å². The van der Waals surface area contributed by atoms with Crippen molar-refractivity contribution in [2.45, 2.75) is 19.8 Å². The van der Waals surface area contributed by atoms with Crippen molar-refractivity contribution in [3.63, 3.8) is 0 Å². The molecule has 0 spiro atoms. The van der Waals surface area contributed by atoms with Crippen LogP contribution in [0.2, 0.25) is 0 Å². The number of nitrogens with zero attached hydrogens (tertiary/aromatic N) is 2. The van der Waals surface area contributed by atoms with E-state index in [1.165, 1.54) is 22.7 Å². The summed E-state index contributed by atoms with van der Waals surface area (Å²) in [6.07, 6.45) is 6.43. The van der Waals surface area contributed by atoms with E-state index in [0.717, 1.165) is 5.57 Å².